The molecule has 0 heterocycles. The monoisotopic (exact) mass is 222 g/mol. The number of hydrogen-bond acceptors (Lipinski definition) is 3. The molecule has 2 nitrogen and oxygen atoms in total. The van der Waals surface area contributed by atoms with Gasteiger partial charge in [0.1, 0.15) is 5.75 Å². The van der Waals surface area contributed by atoms with Gasteiger partial charge >= 0.3 is 0 Å². The Balaban J connectivity index is 2.37. The van der Waals surface area contributed by atoms with Crippen LogP contribution >= 0.6 is 11.8 Å². The Morgan fingerprint density at radius 1 is 1.47 bits per heavy atom. The van der Waals surface area contributed by atoms with E-state index in [-0.39, 0.29) is 11.0 Å². The van der Waals surface area contributed by atoms with Crippen molar-refractivity contribution in [2.24, 2.45) is 0 Å². The van der Waals surface area contributed by atoms with E-state index in [2.05, 4.69) is 0 Å². The first-order valence-corrected chi connectivity index (χ1v) is 6.29. The highest BCUT2D eigenvalue weighted by atomic mass is 32.2. The first-order chi connectivity index (χ1) is 7.26. The molecule has 1 aliphatic rings. The maximum Gasteiger partial charge on any atom is 0.176 e. The van der Waals surface area contributed by atoms with E-state index in [9.17, 15) is 4.79 Å². The highest BCUT2D eigenvalue weighted by Crippen LogP contribution is 2.29. The number of rotatable bonds is 2. The van der Waals surface area contributed by atoms with E-state index in [1.165, 1.54) is 0 Å². The van der Waals surface area contributed by atoms with Gasteiger partial charge in [0.15, 0.2) is 5.78 Å². The number of fused-ring (bicyclic) bond motifs is 1. The standard InChI is InChI=1S/C12H14O2S/c1-14-9-4-5-10-8(7-9)3-6-11(15-2)12(10)13/h4-5,7,11H,3,6H2,1-2H3. The van der Waals surface area contributed by atoms with Crippen LogP contribution in [-0.4, -0.2) is 24.4 Å². The normalized spacial score (nSPS) is 19.9. The molecule has 0 amide bonds. The predicted molar refractivity (Wildman–Crippen MR) is 62.9 cm³/mol. The highest BCUT2D eigenvalue weighted by molar-refractivity contribution is 7.99. The molecule has 1 aliphatic carbocycles. The third-order valence-electron chi connectivity index (χ3n) is 2.83. The molecule has 0 aromatic heterocycles. The Kier molecular flexibility index (Phi) is 3.00. The summed E-state index contributed by atoms with van der Waals surface area (Å²) >= 11 is 1.65. The SMILES string of the molecule is COc1ccc2c(c1)CCC(SC)C2=O. The molecule has 0 N–H and O–H groups in total. The molecular formula is C12H14O2S. The fourth-order valence-corrected chi connectivity index (χ4v) is 2.65. The summed E-state index contributed by atoms with van der Waals surface area (Å²) in [4.78, 5) is 12.0. The van der Waals surface area contributed by atoms with Crippen LogP contribution in [0.1, 0.15) is 22.3 Å². The second-order valence-electron chi connectivity index (χ2n) is 3.65. The number of carbonyl (C=O) groups excluding carboxylic acids is 1. The van der Waals surface area contributed by atoms with Crippen LogP contribution in [0.5, 0.6) is 5.75 Å². The number of carbonyl (C=O) groups is 1. The topological polar surface area (TPSA) is 26.3 Å². The average Bonchev–Trinajstić information content (AvgIpc) is 2.29. The summed E-state index contributed by atoms with van der Waals surface area (Å²) in [6.07, 6.45) is 3.92. The molecule has 0 radical (unpaired) electrons. The third kappa shape index (κ3) is 1.88. The van der Waals surface area contributed by atoms with Crippen LogP contribution in [0.2, 0.25) is 0 Å². The molecule has 0 aliphatic heterocycles. The van der Waals surface area contributed by atoms with Crippen molar-refractivity contribution in [3.8, 4) is 5.75 Å². The first kappa shape index (κ1) is 10.6. The smallest absolute Gasteiger partial charge is 0.176 e. The van der Waals surface area contributed by atoms with Gasteiger partial charge in [0.25, 0.3) is 0 Å². The second-order valence-corrected chi connectivity index (χ2v) is 4.69. The Hall–Kier alpha value is -0.960. The molecule has 2 rings (SSSR count). The van der Waals surface area contributed by atoms with E-state index in [4.69, 9.17) is 4.74 Å². The summed E-state index contributed by atoms with van der Waals surface area (Å²) in [7, 11) is 1.65. The predicted octanol–water partition coefficient (Wildman–Crippen LogP) is 2.56. The lowest BCUT2D eigenvalue weighted by atomic mass is 9.90. The quantitative estimate of drug-likeness (QED) is 0.769. The number of aryl methyl sites for hydroxylation is 1. The minimum Gasteiger partial charge on any atom is -0.497 e. The maximum absolute atomic E-state index is 12.0. The molecule has 1 atom stereocenters. The lowest BCUT2D eigenvalue weighted by molar-refractivity contribution is 0.0979. The molecule has 3 heteroatoms. The molecule has 1 aromatic rings. The third-order valence-corrected chi connectivity index (χ3v) is 3.85. The number of methoxy groups -OCH3 is 1. The first-order valence-electron chi connectivity index (χ1n) is 5.00. The van der Waals surface area contributed by atoms with Crippen LogP contribution in [-0.2, 0) is 6.42 Å². The van der Waals surface area contributed by atoms with Crippen molar-refractivity contribution >= 4 is 17.5 Å². The summed E-state index contributed by atoms with van der Waals surface area (Å²) in [5.74, 6) is 1.11. The van der Waals surface area contributed by atoms with Crippen molar-refractivity contribution in [3.63, 3.8) is 0 Å². The highest BCUT2D eigenvalue weighted by Gasteiger charge is 2.26. The Bertz CT molecular complexity index is 387. The zero-order valence-electron chi connectivity index (χ0n) is 8.95. The minimum absolute atomic E-state index is 0.144. The number of thioether (sulfide) groups is 1. The molecule has 1 unspecified atom stereocenters. The van der Waals surface area contributed by atoms with Gasteiger partial charge in [0, 0.05) is 5.56 Å². The van der Waals surface area contributed by atoms with Gasteiger partial charge in [-0.25, -0.2) is 0 Å². The van der Waals surface area contributed by atoms with Crippen molar-refractivity contribution in [2.75, 3.05) is 13.4 Å². The summed E-state index contributed by atoms with van der Waals surface area (Å²) in [6.45, 7) is 0. The van der Waals surface area contributed by atoms with Gasteiger partial charge in [-0.1, -0.05) is 0 Å². The molecule has 0 saturated heterocycles. The van der Waals surface area contributed by atoms with Crippen molar-refractivity contribution < 1.29 is 9.53 Å². The van der Waals surface area contributed by atoms with Crippen molar-refractivity contribution in [1.29, 1.82) is 0 Å². The maximum atomic E-state index is 12.0. The molecule has 0 spiro atoms. The van der Waals surface area contributed by atoms with Crippen molar-refractivity contribution in [3.05, 3.63) is 29.3 Å². The van der Waals surface area contributed by atoms with Gasteiger partial charge in [-0.2, -0.15) is 11.8 Å². The van der Waals surface area contributed by atoms with Crippen LogP contribution in [0.3, 0.4) is 0 Å². The van der Waals surface area contributed by atoms with Gasteiger partial charge in [-0.05, 0) is 42.9 Å². The molecule has 0 bridgehead atoms. The van der Waals surface area contributed by atoms with Gasteiger partial charge in [0.2, 0.25) is 0 Å². The minimum atomic E-state index is 0.144. The molecule has 1 aromatic carbocycles. The van der Waals surface area contributed by atoms with Crippen LogP contribution in [0.15, 0.2) is 18.2 Å². The Morgan fingerprint density at radius 3 is 2.93 bits per heavy atom. The lowest BCUT2D eigenvalue weighted by Crippen LogP contribution is -2.24. The lowest BCUT2D eigenvalue weighted by Gasteiger charge is -2.22. The summed E-state index contributed by atoms with van der Waals surface area (Å²) in [5.41, 5.74) is 2.01. The molecule has 0 fully saturated rings. The molecule has 0 saturated carbocycles. The number of ketones is 1. The van der Waals surface area contributed by atoms with E-state index < -0.39 is 0 Å². The summed E-state index contributed by atoms with van der Waals surface area (Å²) in [6, 6.07) is 5.72. The van der Waals surface area contributed by atoms with E-state index in [1.54, 1.807) is 18.9 Å². The number of ether oxygens (including phenoxy) is 1. The van der Waals surface area contributed by atoms with E-state index >= 15 is 0 Å². The van der Waals surface area contributed by atoms with Crippen molar-refractivity contribution in [1.82, 2.24) is 0 Å². The van der Waals surface area contributed by atoms with Gasteiger partial charge in [-0.3, -0.25) is 4.79 Å². The van der Waals surface area contributed by atoms with Crippen LogP contribution in [0.25, 0.3) is 0 Å². The van der Waals surface area contributed by atoms with Gasteiger partial charge < -0.3 is 4.74 Å². The van der Waals surface area contributed by atoms with Gasteiger partial charge in [-0.15, -0.1) is 0 Å². The largest absolute Gasteiger partial charge is 0.497 e. The second kappa shape index (κ2) is 4.27. The van der Waals surface area contributed by atoms with Crippen LogP contribution in [0.4, 0.5) is 0 Å². The molecule has 80 valence electrons. The summed E-state index contributed by atoms with van der Waals surface area (Å²) < 4.78 is 5.15. The van der Waals surface area contributed by atoms with Crippen molar-refractivity contribution in [2.45, 2.75) is 18.1 Å². The fourth-order valence-electron chi connectivity index (χ4n) is 1.96. The number of hydrogen-bond donors (Lipinski definition) is 0. The number of Topliss-reactive ketones (excluding diaryl/α,β-unsaturated/α-hetero) is 1. The van der Waals surface area contributed by atoms with E-state index in [1.807, 2.05) is 24.5 Å². The summed E-state index contributed by atoms with van der Waals surface area (Å²) in [5, 5.41) is 0.144. The average molecular weight is 222 g/mol. The number of benzene rings is 1. The van der Waals surface area contributed by atoms with Crippen LogP contribution < -0.4 is 4.74 Å². The molecule has 15 heavy (non-hydrogen) atoms. The van der Waals surface area contributed by atoms with E-state index in [0.717, 1.165) is 29.7 Å². The zero-order chi connectivity index (χ0) is 10.8. The fraction of sp³-hybridized carbons (Fsp3) is 0.417. The Morgan fingerprint density at radius 2 is 2.27 bits per heavy atom. The van der Waals surface area contributed by atoms with E-state index in [0.29, 0.717) is 0 Å². The zero-order valence-corrected chi connectivity index (χ0v) is 9.76. The molecular weight excluding hydrogens is 208 g/mol. The van der Waals surface area contributed by atoms with Gasteiger partial charge in [0.05, 0.1) is 12.4 Å². The van der Waals surface area contributed by atoms with Crippen LogP contribution in [0, 0.1) is 0 Å². The Labute approximate surface area is 94.0 Å².